The summed E-state index contributed by atoms with van der Waals surface area (Å²) >= 11 is 0. The summed E-state index contributed by atoms with van der Waals surface area (Å²) in [7, 11) is 3.21. The lowest BCUT2D eigenvalue weighted by atomic mass is 9.98. The molecule has 1 saturated carbocycles. The van der Waals surface area contributed by atoms with E-state index >= 15 is 0 Å². The molecule has 2 aliphatic rings. The molecule has 5 nitrogen and oxygen atoms in total. The van der Waals surface area contributed by atoms with Crippen LogP contribution in [-0.4, -0.2) is 44.2 Å². The van der Waals surface area contributed by atoms with Gasteiger partial charge in [-0.25, -0.2) is 0 Å². The van der Waals surface area contributed by atoms with Gasteiger partial charge in [0.05, 0.1) is 20.6 Å². The molecule has 120 valence electrons. The first-order valence-electron chi connectivity index (χ1n) is 7.86. The molecule has 3 rings (SSSR count). The number of rotatable bonds is 4. The van der Waals surface area contributed by atoms with Crippen molar-refractivity contribution < 1.29 is 14.3 Å². The van der Waals surface area contributed by atoms with Crippen LogP contribution in [0.3, 0.4) is 0 Å². The number of amides is 1. The van der Waals surface area contributed by atoms with Crippen LogP contribution in [0.1, 0.15) is 18.4 Å². The van der Waals surface area contributed by atoms with Gasteiger partial charge in [0, 0.05) is 19.1 Å². The van der Waals surface area contributed by atoms with Gasteiger partial charge in [-0.05, 0) is 42.4 Å². The fourth-order valence-corrected chi connectivity index (χ4v) is 3.79. The fraction of sp³-hybridized carbons (Fsp3) is 0.588. The van der Waals surface area contributed by atoms with Gasteiger partial charge in [-0.15, -0.1) is 0 Å². The molecule has 1 aliphatic heterocycles. The molecule has 1 aromatic carbocycles. The average molecular weight is 304 g/mol. The zero-order valence-corrected chi connectivity index (χ0v) is 13.2. The SMILES string of the molecule is COc1ccc(CC(=O)N2CC3CCC(N)C3C2)cc1OC. The number of hydrogen-bond donors (Lipinski definition) is 1. The summed E-state index contributed by atoms with van der Waals surface area (Å²) in [6.07, 6.45) is 2.66. The highest BCUT2D eigenvalue weighted by Gasteiger charge is 2.42. The number of nitrogens with zero attached hydrogens (tertiary/aromatic N) is 1. The number of ether oxygens (including phenoxy) is 2. The Kier molecular flexibility index (Phi) is 4.25. The van der Waals surface area contributed by atoms with E-state index in [1.807, 2.05) is 23.1 Å². The van der Waals surface area contributed by atoms with E-state index in [9.17, 15) is 4.79 Å². The molecule has 2 fully saturated rings. The van der Waals surface area contributed by atoms with E-state index in [1.54, 1.807) is 14.2 Å². The second-order valence-electron chi connectivity index (χ2n) is 6.33. The van der Waals surface area contributed by atoms with E-state index < -0.39 is 0 Å². The largest absolute Gasteiger partial charge is 0.493 e. The Morgan fingerprint density at radius 3 is 2.68 bits per heavy atom. The van der Waals surface area contributed by atoms with Crippen molar-refractivity contribution in [3.05, 3.63) is 23.8 Å². The summed E-state index contributed by atoms with van der Waals surface area (Å²) in [4.78, 5) is 14.5. The van der Waals surface area contributed by atoms with Crippen molar-refractivity contribution >= 4 is 5.91 Å². The number of fused-ring (bicyclic) bond motifs is 1. The summed E-state index contributed by atoms with van der Waals surface area (Å²) in [5.74, 6) is 2.61. The number of methoxy groups -OCH3 is 2. The van der Waals surface area contributed by atoms with Gasteiger partial charge in [-0.1, -0.05) is 6.07 Å². The molecule has 1 heterocycles. The molecule has 0 radical (unpaired) electrons. The monoisotopic (exact) mass is 304 g/mol. The Balaban J connectivity index is 1.65. The van der Waals surface area contributed by atoms with Crippen molar-refractivity contribution in [2.75, 3.05) is 27.3 Å². The van der Waals surface area contributed by atoms with Crippen molar-refractivity contribution in [1.82, 2.24) is 4.90 Å². The quantitative estimate of drug-likeness (QED) is 0.914. The fourth-order valence-electron chi connectivity index (χ4n) is 3.79. The van der Waals surface area contributed by atoms with Gasteiger partial charge in [0.15, 0.2) is 11.5 Å². The van der Waals surface area contributed by atoms with Crippen LogP contribution >= 0.6 is 0 Å². The van der Waals surface area contributed by atoms with E-state index in [0.29, 0.717) is 29.8 Å². The molecule has 0 aromatic heterocycles. The number of hydrogen-bond acceptors (Lipinski definition) is 4. The molecule has 1 aliphatic carbocycles. The van der Waals surface area contributed by atoms with Crippen LogP contribution in [0.2, 0.25) is 0 Å². The summed E-state index contributed by atoms with van der Waals surface area (Å²) in [6.45, 7) is 1.68. The minimum atomic E-state index is 0.175. The Morgan fingerprint density at radius 1 is 1.23 bits per heavy atom. The smallest absolute Gasteiger partial charge is 0.227 e. The molecule has 0 bridgehead atoms. The van der Waals surface area contributed by atoms with E-state index in [-0.39, 0.29) is 11.9 Å². The highest BCUT2D eigenvalue weighted by molar-refractivity contribution is 5.79. The Hall–Kier alpha value is -1.75. The molecule has 3 atom stereocenters. The Morgan fingerprint density at radius 2 is 2.00 bits per heavy atom. The van der Waals surface area contributed by atoms with Crippen molar-refractivity contribution in [3.63, 3.8) is 0 Å². The standard InChI is InChI=1S/C17H24N2O3/c1-21-15-6-3-11(7-16(15)22-2)8-17(20)19-9-12-4-5-14(18)13(12)10-19/h3,6-7,12-14H,4-5,8-10,18H2,1-2H3. The molecule has 0 spiro atoms. The number of benzene rings is 1. The normalized spacial score (nSPS) is 26.9. The van der Waals surface area contributed by atoms with Crippen LogP contribution in [0.25, 0.3) is 0 Å². The zero-order chi connectivity index (χ0) is 15.7. The summed E-state index contributed by atoms with van der Waals surface area (Å²) in [6, 6.07) is 5.90. The molecule has 1 aromatic rings. The molecule has 2 N–H and O–H groups in total. The lowest BCUT2D eigenvalue weighted by Crippen LogP contribution is -2.34. The lowest BCUT2D eigenvalue weighted by Gasteiger charge is -2.19. The van der Waals surface area contributed by atoms with Gasteiger partial charge in [0.2, 0.25) is 5.91 Å². The van der Waals surface area contributed by atoms with E-state index in [4.69, 9.17) is 15.2 Å². The maximum atomic E-state index is 12.5. The molecule has 22 heavy (non-hydrogen) atoms. The van der Waals surface area contributed by atoms with Gasteiger partial charge >= 0.3 is 0 Å². The Bertz CT molecular complexity index is 561. The van der Waals surface area contributed by atoms with Crippen molar-refractivity contribution in [1.29, 1.82) is 0 Å². The predicted octanol–water partition coefficient (Wildman–Crippen LogP) is 1.44. The maximum absolute atomic E-state index is 12.5. The minimum Gasteiger partial charge on any atom is -0.493 e. The van der Waals surface area contributed by atoms with Crippen molar-refractivity contribution in [2.45, 2.75) is 25.3 Å². The molecule has 1 saturated heterocycles. The summed E-state index contributed by atoms with van der Waals surface area (Å²) < 4.78 is 10.5. The molecule has 3 unspecified atom stereocenters. The van der Waals surface area contributed by atoms with Gasteiger partial charge in [0.25, 0.3) is 0 Å². The van der Waals surface area contributed by atoms with E-state index in [1.165, 1.54) is 0 Å². The highest BCUT2D eigenvalue weighted by Crippen LogP contribution is 2.37. The second-order valence-corrected chi connectivity index (χ2v) is 6.33. The number of carbonyl (C=O) groups is 1. The topological polar surface area (TPSA) is 64.8 Å². The van der Waals surface area contributed by atoms with Crippen molar-refractivity contribution in [2.24, 2.45) is 17.6 Å². The molecule has 5 heteroatoms. The third-order valence-corrected chi connectivity index (χ3v) is 5.07. The van der Waals surface area contributed by atoms with Gasteiger partial charge in [-0.2, -0.15) is 0 Å². The van der Waals surface area contributed by atoms with Gasteiger partial charge in [-0.3, -0.25) is 4.79 Å². The average Bonchev–Trinajstić information content (AvgIpc) is 3.09. The molecule has 1 amide bonds. The first kappa shape index (κ1) is 15.2. The predicted molar refractivity (Wildman–Crippen MR) is 84.0 cm³/mol. The summed E-state index contributed by atoms with van der Waals surface area (Å²) in [5.41, 5.74) is 7.08. The van der Waals surface area contributed by atoms with Crippen LogP contribution in [0.5, 0.6) is 11.5 Å². The lowest BCUT2D eigenvalue weighted by molar-refractivity contribution is -0.129. The molecular weight excluding hydrogens is 280 g/mol. The van der Waals surface area contributed by atoms with E-state index in [0.717, 1.165) is 31.5 Å². The maximum Gasteiger partial charge on any atom is 0.227 e. The Labute approximate surface area is 131 Å². The van der Waals surface area contributed by atoms with Gasteiger partial charge in [0.1, 0.15) is 0 Å². The first-order chi connectivity index (χ1) is 10.6. The number of carbonyl (C=O) groups excluding carboxylic acids is 1. The third-order valence-electron chi connectivity index (χ3n) is 5.07. The number of nitrogens with two attached hydrogens (primary N) is 1. The number of likely N-dealkylation sites (tertiary alicyclic amines) is 1. The van der Waals surface area contributed by atoms with Crippen LogP contribution in [-0.2, 0) is 11.2 Å². The first-order valence-corrected chi connectivity index (χ1v) is 7.86. The minimum absolute atomic E-state index is 0.175. The summed E-state index contributed by atoms with van der Waals surface area (Å²) in [5, 5.41) is 0. The second kappa shape index (κ2) is 6.16. The van der Waals surface area contributed by atoms with Gasteiger partial charge < -0.3 is 20.1 Å². The van der Waals surface area contributed by atoms with Crippen LogP contribution in [0, 0.1) is 11.8 Å². The van der Waals surface area contributed by atoms with Crippen molar-refractivity contribution in [3.8, 4) is 11.5 Å². The van der Waals surface area contributed by atoms with E-state index in [2.05, 4.69) is 0 Å². The zero-order valence-electron chi connectivity index (χ0n) is 13.2. The van der Waals surface area contributed by atoms with Crippen LogP contribution in [0.4, 0.5) is 0 Å². The molecular formula is C17H24N2O3. The van der Waals surface area contributed by atoms with Crippen LogP contribution in [0.15, 0.2) is 18.2 Å². The highest BCUT2D eigenvalue weighted by atomic mass is 16.5. The van der Waals surface area contributed by atoms with Crippen LogP contribution < -0.4 is 15.2 Å². The third kappa shape index (κ3) is 2.77.